The van der Waals surface area contributed by atoms with Gasteiger partial charge in [-0.3, -0.25) is 9.69 Å². The van der Waals surface area contributed by atoms with Gasteiger partial charge in [-0.25, -0.2) is 0 Å². The summed E-state index contributed by atoms with van der Waals surface area (Å²) in [5.74, 6) is 0.787. The summed E-state index contributed by atoms with van der Waals surface area (Å²) in [5, 5.41) is 0. The number of carbonyl (C=O) groups excluding carboxylic acids is 1. The number of ketones is 1. The molecule has 0 unspecified atom stereocenters. The zero-order valence-electron chi connectivity index (χ0n) is 13.1. The van der Waals surface area contributed by atoms with Gasteiger partial charge in [0.25, 0.3) is 0 Å². The molecule has 20 heavy (non-hydrogen) atoms. The lowest BCUT2D eigenvalue weighted by atomic mass is 10.0. The monoisotopic (exact) mass is 273 g/mol. The Labute approximate surface area is 123 Å². The topological polar surface area (TPSA) is 20.3 Å². The van der Waals surface area contributed by atoms with Crippen molar-refractivity contribution >= 4 is 5.78 Å². The standard InChI is InChI=1S/C18H27NO/c1-4-5-12-19(17-10-11-17)13-18(20)16-8-6-15(7-9-16)14(2)3/h6-9,14,17H,4-5,10-13H2,1-3H3. The lowest BCUT2D eigenvalue weighted by Gasteiger charge is -2.20. The Kier molecular flexibility index (Phi) is 5.36. The fraction of sp³-hybridized carbons (Fsp3) is 0.611. The van der Waals surface area contributed by atoms with Crippen LogP contribution in [0.5, 0.6) is 0 Å². The maximum Gasteiger partial charge on any atom is 0.176 e. The average Bonchev–Trinajstić information content (AvgIpc) is 3.27. The predicted molar refractivity (Wildman–Crippen MR) is 84.4 cm³/mol. The van der Waals surface area contributed by atoms with Crippen LogP contribution in [-0.4, -0.2) is 29.8 Å². The lowest BCUT2D eigenvalue weighted by molar-refractivity contribution is 0.0923. The van der Waals surface area contributed by atoms with E-state index in [0.29, 0.717) is 18.5 Å². The third kappa shape index (κ3) is 4.17. The van der Waals surface area contributed by atoms with Crippen molar-refractivity contribution in [2.45, 2.75) is 58.4 Å². The summed E-state index contributed by atoms with van der Waals surface area (Å²) < 4.78 is 0. The van der Waals surface area contributed by atoms with Gasteiger partial charge in [-0.1, -0.05) is 51.5 Å². The molecule has 1 aromatic carbocycles. The van der Waals surface area contributed by atoms with E-state index in [4.69, 9.17) is 0 Å². The van der Waals surface area contributed by atoms with Gasteiger partial charge in [0, 0.05) is 11.6 Å². The molecule has 1 fully saturated rings. The van der Waals surface area contributed by atoms with Gasteiger partial charge in [0.05, 0.1) is 6.54 Å². The first-order chi connectivity index (χ1) is 9.61. The molecule has 0 N–H and O–H groups in total. The summed E-state index contributed by atoms with van der Waals surface area (Å²) in [6, 6.07) is 8.82. The second-order valence-electron chi connectivity index (χ2n) is 6.26. The van der Waals surface area contributed by atoms with Gasteiger partial charge in [0.15, 0.2) is 5.78 Å². The molecule has 0 saturated heterocycles. The van der Waals surface area contributed by atoms with Gasteiger partial charge in [-0.15, -0.1) is 0 Å². The number of carbonyl (C=O) groups is 1. The third-order valence-electron chi connectivity index (χ3n) is 4.11. The van der Waals surface area contributed by atoms with E-state index in [2.05, 4.69) is 37.8 Å². The first kappa shape index (κ1) is 15.2. The van der Waals surface area contributed by atoms with E-state index in [1.807, 2.05) is 12.1 Å². The maximum absolute atomic E-state index is 12.4. The summed E-state index contributed by atoms with van der Waals surface area (Å²) >= 11 is 0. The van der Waals surface area contributed by atoms with Crippen molar-refractivity contribution in [1.82, 2.24) is 4.90 Å². The smallest absolute Gasteiger partial charge is 0.176 e. The summed E-state index contributed by atoms with van der Waals surface area (Å²) in [5.41, 5.74) is 2.16. The second-order valence-corrected chi connectivity index (χ2v) is 6.26. The SMILES string of the molecule is CCCCN(CC(=O)c1ccc(C(C)C)cc1)C1CC1. The minimum atomic E-state index is 0.267. The van der Waals surface area contributed by atoms with E-state index in [9.17, 15) is 4.79 Å². The highest BCUT2D eigenvalue weighted by Crippen LogP contribution is 2.27. The van der Waals surface area contributed by atoms with Crippen LogP contribution in [0.25, 0.3) is 0 Å². The van der Waals surface area contributed by atoms with Crippen LogP contribution in [0.3, 0.4) is 0 Å². The number of hydrogen-bond acceptors (Lipinski definition) is 2. The summed E-state index contributed by atoms with van der Waals surface area (Å²) in [4.78, 5) is 14.8. The number of rotatable bonds is 8. The van der Waals surface area contributed by atoms with Gasteiger partial charge >= 0.3 is 0 Å². The second kappa shape index (κ2) is 7.03. The maximum atomic E-state index is 12.4. The molecule has 0 amide bonds. The fourth-order valence-electron chi connectivity index (χ4n) is 2.52. The minimum absolute atomic E-state index is 0.267. The molecule has 1 aliphatic carbocycles. The Morgan fingerprint density at radius 1 is 1.25 bits per heavy atom. The molecular formula is C18H27NO. The first-order valence-corrected chi connectivity index (χ1v) is 7.99. The van der Waals surface area contributed by atoms with Crippen LogP contribution in [0.2, 0.25) is 0 Å². The fourth-order valence-corrected chi connectivity index (χ4v) is 2.52. The van der Waals surface area contributed by atoms with Crippen LogP contribution in [0.15, 0.2) is 24.3 Å². The molecule has 2 heteroatoms. The molecule has 0 bridgehead atoms. The minimum Gasteiger partial charge on any atom is -0.293 e. The predicted octanol–water partition coefficient (Wildman–Crippen LogP) is 4.26. The van der Waals surface area contributed by atoms with Gasteiger partial charge in [0.2, 0.25) is 0 Å². The van der Waals surface area contributed by atoms with Crippen molar-refractivity contribution < 1.29 is 4.79 Å². The van der Waals surface area contributed by atoms with Crippen LogP contribution in [0, 0.1) is 0 Å². The number of benzene rings is 1. The Hall–Kier alpha value is -1.15. The van der Waals surface area contributed by atoms with Crippen LogP contribution in [-0.2, 0) is 0 Å². The quantitative estimate of drug-likeness (QED) is 0.660. The van der Waals surface area contributed by atoms with Gasteiger partial charge in [-0.05, 0) is 37.3 Å². The molecule has 0 aliphatic heterocycles. The number of Topliss-reactive ketones (excluding diaryl/α,β-unsaturated/α-hetero) is 1. The number of nitrogens with zero attached hydrogens (tertiary/aromatic N) is 1. The van der Waals surface area contributed by atoms with Crippen LogP contribution >= 0.6 is 0 Å². The largest absolute Gasteiger partial charge is 0.293 e. The van der Waals surface area contributed by atoms with Crippen LogP contribution < -0.4 is 0 Å². The van der Waals surface area contributed by atoms with Crippen molar-refractivity contribution in [3.05, 3.63) is 35.4 Å². The van der Waals surface area contributed by atoms with E-state index < -0.39 is 0 Å². The van der Waals surface area contributed by atoms with E-state index in [0.717, 1.165) is 12.1 Å². The van der Waals surface area contributed by atoms with Gasteiger partial charge < -0.3 is 0 Å². The molecule has 2 rings (SSSR count). The molecule has 0 atom stereocenters. The molecule has 0 aromatic heterocycles. The number of unbranched alkanes of at least 4 members (excludes halogenated alkanes) is 1. The Balaban J connectivity index is 1.95. The molecule has 0 heterocycles. The van der Waals surface area contributed by atoms with E-state index in [1.54, 1.807) is 0 Å². The molecule has 0 radical (unpaired) electrons. The van der Waals surface area contributed by atoms with Crippen LogP contribution in [0.4, 0.5) is 0 Å². The Morgan fingerprint density at radius 3 is 2.40 bits per heavy atom. The highest BCUT2D eigenvalue weighted by atomic mass is 16.1. The van der Waals surface area contributed by atoms with Crippen molar-refractivity contribution in [2.24, 2.45) is 0 Å². The normalized spacial score (nSPS) is 15.1. The zero-order valence-corrected chi connectivity index (χ0v) is 13.1. The van der Waals surface area contributed by atoms with Crippen molar-refractivity contribution in [1.29, 1.82) is 0 Å². The molecule has 1 aromatic rings. The first-order valence-electron chi connectivity index (χ1n) is 7.99. The molecule has 1 aliphatic rings. The van der Waals surface area contributed by atoms with Gasteiger partial charge in [-0.2, -0.15) is 0 Å². The molecular weight excluding hydrogens is 246 g/mol. The van der Waals surface area contributed by atoms with Crippen LogP contribution in [0.1, 0.15) is 68.3 Å². The van der Waals surface area contributed by atoms with Crippen molar-refractivity contribution in [3.8, 4) is 0 Å². The summed E-state index contributed by atoms with van der Waals surface area (Å²) in [6.07, 6.45) is 4.92. The van der Waals surface area contributed by atoms with Crippen molar-refractivity contribution in [3.63, 3.8) is 0 Å². The zero-order chi connectivity index (χ0) is 14.5. The number of hydrogen-bond donors (Lipinski definition) is 0. The molecule has 2 nitrogen and oxygen atoms in total. The van der Waals surface area contributed by atoms with E-state index in [-0.39, 0.29) is 5.78 Å². The summed E-state index contributed by atoms with van der Waals surface area (Å²) in [6.45, 7) is 8.22. The molecule has 110 valence electrons. The Bertz CT molecular complexity index is 431. The Morgan fingerprint density at radius 2 is 1.90 bits per heavy atom. The lowest BCUT2D eigenvalue weighted by Crippen LogP contribution is -2.32. The summed E-state index contributed by atoms with van der Waals surface area (Å²) in [7, 11) is 0. The van der Waals surface area contributed by atoms with E-state index >= 15 is 0 Å². The highest BCUT2D eigenvalue weighted by molar-refractivity contribution is 5.97. The molecule has 1 saturated carbocycles. The average molecular weight is 273 g/mol. The molecule has 0 spiro atoms. The third-order valence-corrected chi connectivity index (χ3v) is 4.11. The van der Waals surface area contributed by atoms with E-state index in [1.165, 1.54) is 31.2 Å². The van der Waals surface area contributed by atoms with Gasteiger partial charge in [0.1, 0.15) is 0 Å². The van der Waals surface area contributed by atoms with Crippen molar-refractivity contribution in [2.75, 3.05) is 13.1 Å². The highest BCUT2D eigenvalue weighted by Gasteiger charge is 2.29.